The number of hydrogen-bond acceptors (Lipinski definition) is 5. The summed E-state index contributed by atoms with van der Waals surface area (Å²) in [6.45, 7) is 3.72. The van der Waals surface area contributed by atoms with Crippen molar-refractivity contribution in [3.8, 4) is 0 Å². The molecule has 130 valence electrons. The van der Waals surface area contributed by atoms with E-state index < -0.39 is 5.41 Å². The molecule has 2 aromatic heterocycles. The van der Waals surface area contributed by atoms with Crippen molar-refractivity contribution in [2.75, 3.05) is 13.2 Å². The second-order valence-corrected chi connectivity index (χ2v) is 6.37. The average molecular weight is 342 g/mol. The van der Waals surface area contributed by atoms with E-state index in [1.54, 1.807) is 12.1 Å². The quantitative estimate of drug-likeness (QED) is 0.713. The highest BCUT2D eigenvalue weighted by Crippen LogP contribution is 2.38. The Bertz CT molecular complexity index is 850. The molecule has 0 aliphatic carbocycles. The molecule has 1 aliphatic heterocycles. The van der Waals surface area contributed by atoms with Crippen molar-refractivity contribution >= 4 is 0 Å². The lowest BCUT2D eigenvalue weighted by atomic mass is 9.79. The molecule has 0 bridgehead atoms. The maximum Gasteiger partial charge on any atom is 0.228 e. The summed E-state index contributed by atoms with van der Waals surface area (Å²) in [7, 11) is 0. The lowest BCUT2D eigenvalue weighted by Crippen LogP contribution is -2.29. The Morgan fingerprint density at radius 2 is 2.08 bits per heavy atom. The van der Waals surface area contributed by atoms with Gasteiger partial charge in [0, 0.05) is 25.8 Å². The van der Waals surface area contributed by atoms with E-state index in [9.17, 15) is 4.39 Å². The van der Waals surface area contributed by atoms with Crippen molar-refractivity contribution in [1.82, 2.24) is 19.9 Å². The predicted molar refractivity (Wildman–Crippen MR) is 87.6 cm³/mol. The molecule has 4 rings (SSSR count). The lowest BCUT2D eigenvalue weighted by molar-refractivity contribution is 0.182. The van der Waals surface area contributed by atoms with Gasteiger partial charge in [0.15, 0.2) is 5.82 Å². The van der Waals surface area contributed by atoms with Crippen molar-refractivity contribution in [1.29, 1.82) is 0 Å². The minimum atomic E-state index is -0.474. The molecule has 0 saturated carbocycles. The van der Waals surface area contributed by atoms with Crippen molar-refractivity contribution < 1.29 is 13.7 Å². The van der Waals surface area contributed by atoms with Crippen LogP contribution in [-0.2, 0) is 23.1 Å². The Labute approximate surface area is 144 Å². The first-order chi connectivity index (χ1) is 12.2. The fourth-order valence-electron chi connectivity index (χ4n) is 3.22. The molecule has 25 heavy (non-hydrogen) atoms. The van der Waals surface area contributed by atoms with Crippen molar-refractivity contribution in [3.05, 3.63) is 65.3 Å². The third-order valence-corrected chi connectivity index (χ3v) is 4.64. The summed E-state index contributed by atoms with van der Waals surface area (Å²) < 4.78 is 26.2. The summed E-state index contributed by atoms with van der Waals surface area (Å²) in [6.07, 6.45) is 3.28. The number of aromatic nitrogens is 4. The lowest BCUT2D eigenvalue weighted by Gasteiger charge is -2.23. The Kier molecular flexibility index (Phi) is 4.09. The van der Waals surface area contributed by atoms with Gasteiger partial charge in [0.1, 0.15) is 5.82 Å². The van der Waals surface area contributed by atoms with Crippen LogP contribution >= 0.6 is 0 Å². The number of nitrogens with zero attached hydrogens (tertiary/aromatic N) is 4. The van der Waals surface area contributed by atoms with E-state index in [0.29, 0.717) is 37.9 Å². The highest BCUT2D eigenvalue weighted by atomic mass is 19.1. The zero-order valence-corrected chi connectivity index (χ0v) is 14.0. The number of benzene rings is 1. The molecule has 7 heteroatoms. The monoisotopic (exact) mass is 342 g/mol. The molecule has 1 aliphatic rings. The van der Waals surface area contributed by atoms with Crippen molar-refractivity contribution in [3.63, 3.8) is 0 Å². The highest BCUT2D eigenvalue weighted by molar-refractivity contribution is 5.34. The van der Waals surface area contributed by atoms with Gasteiger partial charge in [0.2, 0.25) is 5.89 Å². The molecule has 1 saturated heterocycles. The van der Waals surface area contributed by atoms with E-state index in [0.717, 1.165) is 17.7 Å². The molecular weight excluding hydrogens is 323 g/mol. The smallest absolute Gasteiger partial charge is 0.228 e. The van der Waals surface area contributed by atoms with Gasteiger partial charge in [0.25, 0.3) is 0 Å². The summed E-state index contributed by atoms with van der Waals surface area (Å²) in [5, 5.41) is 8.55. The van der Waals surface area contributed by atoms with Crippen LogP contribution in [0, 0.1) is 12.7 Å². The van der Waals surface area contributed by atoms with Crippen LogP contribution in [0.15, 0.2) is 41.1 Å². The van der Waals surface area contributed by atoms with Gasteiger partial charge in [0.05, 0.1) is 17.7 Å². The molecule has 3 heterocycles. The summed E-state index contributed by atoms with van der Waals surface area (Å²) in [5.74, 6) is 0.904. The van der Waals surface area contributed by atoms with Crippen LogP contribution in [0.4, 0.5) is 4.39 Å². The largest absolute Gasteiger partial charge is 0.380 e. The second kappa shape index (κ2) is 6.40. The zero-order chi connectivity index (χ0) is 17.3. The molecular formula is C18H19FN4O2. The molecule has 0 amide bonds. The summed E-state index contributed by atoms with van der Waals surface area (Å²) in [5.41, 5.74) is 1.45. The molecule has 3 aromatic rings. The van der Waals surface area contributed by atoms with Crippen LogP contribution in [-0.4, -0.2) is 33.1 Å². The topological polar surface area (TPSA) is 66.0 Å². The molecule has 1 atom stereocenters. The average Bonchev–Trinajstić information content (AvgIpc) is 3.34. The van der Waals surface area contributed by atoms with Crippen LogP contribution in [0.25, 0.3) is 0 Å². The number of ether oxygens (including phenoxy) is 1. The van der Waals surface area contributed by atoms with Crippen LogP contribution in [0.2, 0.25) is 0 Å². The minimum absolute atomic E-state index is 0.263. The highest BCUT2D eigenvalue weighted by Gasteiger charge is 2.42. The molecule has 1 aromatic carbocycles. The SMILES string of the molecule is Cc1ccn(CCc2nc(C3(c4ccc(F)cc4)CCOC3)no2)n1. The van der Waals surface area contributed by atoms with Gasteiger partial charge in [-0.05, 0) is 37.1 Å². The van der Waals surface area contributed by atoms with Gasteiger partial charge in [-0.1, -0.05) is 17.3 Å². The normalized spacial score (nSPS) is 20.2. The number of rotatable bonds is 5. The number of aryl methyl sites for hydroxylation is 3. The van der Waals surface area contributed by atoms with E-state index in [2.05, 4.69) is 15.2 Å². The predicted octanol–water partition coefficient (Wildman–Crippen LogP) is 2.66. The van der Waals surface area contributed by atoms with Gasteiger partial charge in [-0.3, -0.25) is 4.68 Å². The Morgan fingerprint density at radius 3 is 2.76 bits per heavy atom. The van der Waals surface area contributed by atoms with Crippen LogP contribution in [0.5, 0.6) is 0 Å². The first kappa shape index (κ1) is 16.0. The maximum atomic E-state index is 13.3. The summed E-state index contributed by atoms with van der Waals surface area (Å²) in [4.78, 5) is 4.59. The molecule has 0 radical (unpaired) electrons. The second-order valence-electron chi connectivity index (χ2n) is 6.37. The third kappa shape index (κ3) is 3.07. The molecule has 0 spiro atoms. The van der Waals surface area contributed by atoms with Crippen LogP contribution in [0.3, 0.4) is 0 Å². The number of halogens is 1. The van der Waals surface area contributed by atoms with Gasteiger partial charge >= 0.3 is 0 Å². The zero-order valence-electron chi connectivity index (χ0n) is 14.0. The molecule has 1 fully saturated rings. The first-order valence-electron chi connectivity index (χ1n) is 8.33. The van der Waals surface area contributed by atoms with Gasteiger partial charge in [-0.2, -0.15) is 10.1 Å². The van der Waals surface area contributed by atoms with E-state index in [4.69, 9.17) is 9.26 Å². The maximum absolute atomic E-state index is 13.3. The van der Waals surface area contributed by atoms with Crippen LogP contribution < -0.4 is 0 Å². The molecule has 6 nitrogen and oxygen atoms in total. The van der Waals surface area contributed by atoms with Crippen molar-refractivity contribution in [2.45, 2.75) is 31.7 Å². The summed E-state index contributed by atoms with van der Waals surface area (Å²) >= 11 is 0. The standard InChI is InChI=1S/C18H19FN4O2/c1-13-6-9-23(21-13)10-7-16-20-17(22-25-16)18(8-11-24-12-18)14-2-4-15(19)5-3-14/h2-6,9H,7-8,10-12H2,1H3. The number of hydrogen-bond donors (Lipinski definition) is 0. The summed E-state index contributed by atoms with van der Waals surface area (Å²) in [6, 6.07) is 8.41. The van der Waals surface area contributed by atoms with Crippen molar-refractivity contribution in [2.24, 2.45) is 0 Å². The fraction of sp³-hybridized carbons (Fsp3) is 0.389. The Morgan fingerprint density at radius 1 is 1.24 bits per heavy atom. The third-order valence-electron chi connectivity index (χ3n) is 4.64. The fourth-order valence-corrected chi connectivity index (χ4v) is 3.22. The van der Waals surface area contributed by atoms with Gasteiger partial charge < -0.3 is 9.26 Å². The molecule has 0 N–H and O–H groups in total. The van der Waals surface area contributed by atoms with Gasteiger partial charge in [-0.25, -0.2) is 4.39 Å². The van der Waals surface area contributed by atoms with E-state index in [1.165, 1.54) is 12.1 Å². The molecule has 1 unspecified atom stereocenters. The Hall–Kier alpha value is -2.54. The van der Waals surface area contributed by atoms with Crippen LogP contribution in [0.1, 0.15) is 29.4 Å². The Balaban J connectivity index is 1.57. The van der Waals surface area contributed by atoms with E-state index >= 15 is 0 Å². The first-order valence-corrected chi connectivity index (χ1v) is 8.33. The van der Waals surface area contributed by atoms with Gasteiger partial charge in [-0.15, -0.1) is 0 Å². The minimum Gasteiger partial charge on any atom is -0.380 e. The van der Waals surface area contributed by atoms with E-state index in [-0.39, 0.29) is 5.82 Å². The van der Waals surface area contributed by atoms with E-state index in [1.807, 2.05) is 23.9 Å².